The first-order chi connectivity index (χ1) is 11.9. The molecule has 1 aromatic heterocycles. The number of aromatic nitrogens is 2. The minimum Gasteiger partial charge on any atom is -0.503 e. The van der Waals surface area contributed by atoms with Crippen molar-refractivity contribution in [2.24, 2.45) is 0 Å². The molecule has 0 fully saturated rings. The third-order valence-corrected chi connectivity index (χ3v) is 4.81. The summed E-state index contributed by atoms with van der Waals surface area (Å²) in [7, 11) is 0. The van der Waals surface area contributed by atoms with Crippen LogP contribution in [0.3, 0.4) is 0 Å². The van der Waals surface area contributed by atoms with Crippen molar-refractivity contribution in [3.63, 3.8) is 0 Å². The molecular weight excluding hydrogens is 353 g/mol. The van der Waals surface area contributed by atoms with Gasteiger partial charge in [0.15, 0.2) is 22.4 Å². The zero-order chi connectivity index (χ0) is 18.1. The molecule has 9 heteroatoms. The van der Waals surface area contributed by atoms with Gasteiger partial charge in [-0.1, -0.05) is 18.3 Å². The lowest BCUT2D eigenvalue weighted by molar-refractivity contribution is 0.164. The van der Waals surface area contributed by atoms with E-state index in [-0.39, 0.29) is 10.6 Å². The predicted octanol–water partition coefficient (Wildman–Crippen LogP) is 3.33. The monoisotopic (exact) mass is 370 g/mol. The van der Waals surface area contributed by atoms with Gasteiger partial charge < -0.3 is 10.0 Å². The summed E-state index contributed by atoms with van der Waals surface area (Å²) in [6.07, 6.45) is 2.04. The standard InChI is InChI=1S/C16H17F3N4OS/c1-3-22-5-9(2)6-23(8-22)7-12-20-21-16(25-12)10-4-11(17)14(19)15(24)13(10)18/h4,6,24H,3,5,7-8H2,1-2H3. The minimum absolute atomic E-state index is 0.0896. The number of halogens is 3. The highest BCUT2D eigenvalue weighted by atomic mass is 32.1. The van der Waals surface area contributed by atoms with Gasteiger partial charge in [-0.25, -0.2) is 8.78 Å². The molecule has 0 atom stereocenters. The highest BCUT2D eigenvalue weighted by molar-refractivity contribution is 7.14. The van der Waals surface area contributed by atoms with Gasteiger partial charge in [0.2, 0.25) is 5.82 Å². The fraction of sp³-hybridized carbons (Fsp3) is 0.375. The van der Waals surface area contributed by atoms with Crippen LogP contribution in [0.1, 0.15) is 18.9 Å². The van der Waals surface area contributed by atoms with Crippen LogP contribution in [0.2, 0.25) is 0 Å². The van der Waals surface area contributed by atoms with Crippen molar-refractivity contribution >= 4 is 11.3 Å². The van der Waals surface area contributed by atoms with E-state index in [1.54, 1.807) is 0 Å². The maximum Gasteiger partial charge on any atom is 0.203 e. The van der Waals surface area contributed by atoms with Crippen LogP contribution in [0.4, 0.5) is 13.2 Å². The molecule has 0 saturated carbocycles. The molecule has 25 heavy (non-hydrogen) atoms. The van der Waals surface area contributed by atoms with Gasteiger partial charge in [-0.05, 0) is 25.1 Å². The summed E-state index contributed by atoms with van der Waals surface area (Å²) >= 11 is 1.08. The van der Waals surface area contributed by atoms with Gasteiger partial charge in [0.05, 0.1) is 18.8 Å². The van der Waals surface area contributed by atoms with Gasteiger partial charge in [-0.15, -0.1) is 10.2 Å². The van der Waals surface area contributed by atoms with Gasteiger partial charge in [0.1, 0.15) is 5.01 Å². The van der Waals surface area contributed by atoms with Crippen molar-refractivity contribution in [3.05, 3.63) is 40.3 Å². The lowest BCUT2D eigenvalue weighted by Crippen LogP contribution is -2.39. The summed E-state index contributed by atoms with van der Waals surface area (Å²) in [6.45, 7) is 7.17. The molecule has 5 nitrogen and oxygen atoms in total. The summed E-state index contributed by atoms with van der Waals surface area (Å²) in [5.74, 6) is -5.54. The molecule has 0 aliphatic carbocycles. The van der Waals surface area contributed by atoms with Crippen molar-refractivity contribution < 1.29 is 18.3 Å². The van der Waals surface area contributed by atoms with Crippen LogP contribution >= 0.6 is 11.3 Å². The third kappa shape index (κ3) is 3.62. The van der Waals surface area contributed by atoms with Crippen molar-refractivity contribution in [2.45, 2.75) is 20.4 Å². The molecular formula is C16H17F3N4OS. The highest BCUT2D eigenvalue weighted by Gasteiger charge is 2.22. The highest BCUT2D eigenvalue weighted by Crippen LogP contribution is 2.34. The number of likely N-dealkylation sites (N-methyl/N-ethyl adjacent to an activating group) is 1. The Morgan fingerprint density at radius 3 is 2.72 bits per heavy atom. The van der Waals surface area contributed by atoms with E-state index < -0.39 is 23.2 Å². The maximum atomic E-state index is 14.0. The van der Waals surface area contributed by atoms with E-state index >= 15 is 0 Å². The number of hydrogen-bond acceptors (Lipinski definition) is 6. The largest absolute Gasteiger partial charge is 0.503 e. The van der Waals surface area contributed by atoms with E-state index in [2.05, 4.69) is 26.9 Å². The van der Waals surface area contributed by atoms with Crippen LogP contribution in [0.5, 0.6) is 5.75 Å². The fourth-order valence-corrected chi connectivity index (χ4v) is 3.58. The summed E-state index contributed by atoms with van der Waals surface area (Å²) in [5, 5.41) is 17.9. The number of phenolic OH excluding ortho intramolecular Hbond substituents is 1. The Bertz CT molecular complexity index is 824. The second-order valence-electron chi connectivity index (χ2n) is 5.89. The molecule has 0 radical (unpaired) electrons. The molecule has 0 amide bonds. The Hall–Kier alpha value is -2.13. The topological polar surface area (TPSA) is 52.5 Å². The average Bonchev–Trinajstić information content (AvgIpc) is 3.03. The van der Waals surface area contributed by atoms with Crippen molar-refractivity contribution in [2.75, 3.05) is 19.8 Å². The van der Waals surface area contributed by atoms with E-state index in [1.165, 1.54) is 5.57 Å². The first-order valence-electron chi connectivity index (χ1n) is 7.72. The van der Waals surface area contributed by atoms with Gasteiger partial charge in [0.25, 0.3) is 0 Å². The quantitative estimate of drug-likeness (QED) is 0.837. The van der Waals surface area contributed by atoms with E-state index in [9.17, 15) is 18.3 Å². The molecule has 0 unspecified atom stereocenters. The Morgan fingerprint density at radius 1 is 1.24 bits per heavy atom. The molecule has 1 aliphatic rings. The average molecular weight is 370 g/mol. The lowest BCUT2D eigenvalue weighted by Gasteiger charge is -2.33. The number of aromatic hydroxyl groups is 1. The van der Waals surface area contributed by atoms with Crippen LogP contribution in [-0.4, -0.2) is 44.9 Å². The summed E-state index contributed by atoms with van der Waals surface area (Å²) < 4.78 is 40.6. The second-order valence-corrected chi connectivity index (χ2v) is 6.95. The maximum absolute atomic E-state index is 14.0. The normalized spacial score (nSPS) is 15.6. The van der Waals surface area contributed by atoms with E-state index in [4.69, 9.17) is 0 Å². The van der Waals surface area contributed by atoms with Gasteiger partial charge in [-0.3, -0.25) is 4.90 Å². The number of hydrogen-bond donors (Lipinski definition) is 1. The molecule has 1 aliphatic heterocycles. The predicted molar refractivity (Wildman–Crippen MR) is 88.3 cm³/mol. The molecule has 1 aromatic carbocycles. The van der Waals surface area contributed by atoms with E-state index in [1.807, 2.05) is 13.1 Å². The first-order valence-corrected chi connectivity index (χ1v) is 8.53. The molecule has 2 aromatic rings. The Labute approximate surface area is 147 Å². The van der Waals surface area contributed by atoms with Crippen LogP contribution in [0.25, 0.3) is 10.6 Å². The minimum atomic E-state index is -1.61. The lowest BCUT2D eigenvalue weighted by atomic mass is 10.2. The SMILES string of the molecule is CCN1CC(C)=CN(Cc2nnc(-c3cc(F)c(F)c(O)c3F)s2)C1. The van der Waals surface area contributed by atoms with Crippen LogP contribution in [-0.2, 0) is 6.54 Å². The molecule has 134 valence electrons. The number of rotatable bonds is 4. The first kappa shape index (κ1) is 17.7. The smallest absolute Gasteiger partial charge is 0.203 e. The molecule has 1 N–H and O–H groups in total. The summed E-state index contributed by atoms with van der Waals surface area (Å²) in [6, 6.07) is 0.679. The van der Waals surface area contributed by atoms with Crippen molar-refractivity contribution in [3.8, 4) is 16.3 Å². The van der Waals surface area contributed by atoms with Gasteiger partial charge in [0, 0.05) is 12.7 Å². The molecule has 3 rings (SSSR count). The number of nitrogens with zero attached hydrogens (tertiary/aromatic N) is 4. The molecule has 2 heterocycles. The molecule has 0 bridgehead atoms. The molecule has 0 saturated heterocycles. The third-order valence-electron chi connectivity index (χ3n) is 3.87. The summed E-state index contributed by atoms with van der Waals surface area (Å²) in [4.78, 5) is 4.32. The number of phenols is 1. The van der Waals surface area contributed by atoms with Crippen LogP contribution in [0.15, 0.2) is 17.8 Å². The molecule has 0 spiro atoms. The zero-order valence-electron chi connectivity index (χ0n) is 13.8. The van der Waals surface area contributed by atoms with Crippen LogP contribution < -0.4 is 0 Å². The Balaban J connectivity index is 1.83. The van der Waals surface area contributed by atoms with Gasteiger partial charge >= 0.3 is 0 Å². The van der Waals surface area contributed by atoms with Gasteiger partial charge in [-0.2, -0.15) is 4.39 Å². The zero-order valence-corrected chi connectivity index (χ0v) is 14.6. The Kier molecular flexibility index (Phi) is 4.96. The summed E-state index contributed by atoms with van der Waals surface area (Å²) in [5.41, 5.74) is 0.912. The van der Waals surface area contributed by atoms with Crippen LogP contribution in [0, 0.1) is 17.5 Å². The Morgan fingerprint density at radius 2 is 2.00 bits per heavy atom. The fourth-order valence-electron chi connectivity index (χ4n) is 2.71. The van der Waals surface area contributed by atoms with Crippen molar-refractivity contribution in [1.29, 1.82) is 0 Å². The number of benzene rings is 1. The van der Waals surface area contributed by atoms with Crippen molar-refractivity contribution in [1.82, 2.24) is 20.0 Å². The van der Waals surface area contributed by atoms with E-state index in [0.29, 0.717) is 17.6 Å². The van der Waals surface area contributed by atoms with E-state index in [0.717, 1.165) is 31.1 Å². The second kappa shape index (κ2) is 7.01.